The number of halogens is 6. The molecule has 1 atom stereocenters. The second-order valence-electron chi connectivity index (χ2n) is 4.53. The fraction of sp³-hybridized carbons (Fsp3) is 0.385. The van der Waals surface area contributed by atoms with Crippen LogP contribution in [0, 0.1) is 11.3 Å². The van der Waals surface area contributed by atoms with Crippen LogP contribution in [-0.4, -0.2) is 11.9 Å². The minimum absolute atomic E-state index is 0.0600. The number of amides is 1. The number of hydrogen-bond donors (Lipinski definition) is 1. The van der Waals surface area contributed by atoms with Gasteiger partial charge in [0, 0.05) is 11.6 Å². The molecule has 0 aliphatic carbocycles. The van der Waals surface area contributed by atoms with Gasteiger partial charge in [-0.3, -0.25) is 4.79 Å². The van der Waals surface area contributed by atoms with Crippen LogP contribution in [0.4, 0.5) is 26.3 Å². The zero-order valence-electron chi connectivity index (χ0n) is 11.1. The number of nitrogens with one attached hydrogen (secondary N) is 1. The largest absolute Gasteiger partial charge is 0.416 e. The molecule has 0 aliphatic heterocycles. The Morgan fingerprint density at radius 3 is 1.95 bits per heavy atom. The van der Waals surface area contributed by atoms with Crippen LogP contribution in [0.15, 0.2) is 18.2 Å². The summed E-state index contributed by atoms with van der Waals surface area (Å²) in [6.07, 6.45) is -10.2. The van der Waals surface area contributed by atoms with E-state index in [4.69, 9.17) is 5.26 Å². The van der Waals surface area contributed by atoms with E-state index in [-0.39, 0.29) is 12.5 Å². The summed E-state index contributed by atoms with van der Waals surface area (Å²) in [5.74, 6) is -1.11. The van der Waals surface area contributed by atoms with Gasteiger partial charge in [0.15, 0.2) is 0 Å². The first kappa shape index (κ1) is 17.8. The Labute approximate surface area is 121 Å². The molecule has 22 heavy (non-hydrogen) atoms. The lowest BCUT2D eigenvalue weighted by Crippen LogP contribution is -2.32. The lowest BCUT2D eigenvalue weighted by atomic mass is 10.0. The SMILES string of the molecule is C[C@@H](CC#N)NC(=O)c1cc(C(F)(F)F)cc(C(F)(F)F)c1. The van der Waals surface area contributed by atoms with Crippen molar-refractivity contribution in [2.24, 2.45) is 0 Å². The standard InChI is InChI=1S/C13H10F6N2O/c1-7(2-3-20)21-11(22)8-4-9(12(14,15)16)6-10(5-8)13(17,18)19/h4-7H,2H2,1H3,(H,21,22)/t7-/m0/s1. The van der Waals surface area contributed by atoms with Crippen molar-refractivity contribution in [1.29, 1.82) is 5.26 Å². The summed E-state index contributed by atoms with van der Waals surface area (Å²) < 4.78 is 75.8. The van der Waals surface area contributed by atoms with Gasteiger partial charge in [-0.1, -0.05) is 0 Å². The molecule has 0 saturated heterocycles. The number of hydrogen-bond acceptors (Lipinski definition) is 2. The van der Waals surface area contributed by atoms with Crippen LogP contribution in [0.25, 0.3) is 0 Å². The van der Waals surface area contributed by atoms with Crippen LogP contribution in [0.1, 0.15) is 34.8 Å². The van der Waals surface area contributed by atoms with Gasteiger partial charge in [0.25, 0.3) is 5.91 Å². The number of rotatable bonds is 3. The van der Waals surface area contributed by atoms with Crippen molar-refractivity contribution < 1.29 is 31.1 Å². The molecule has 1 rings (SSSR count). The van der Waals surface area contributed by atoms with E-state index >= 15 is 0 Å². The highest BCUT2D eigenvalue weighted by Gasteiger charge is 2.37. The Kier molecular flexibility index (Phi) is 5.06. The van der Waals surface area contributed by atoms with Gasteiger partial charge in [0.1, 0.15) is 0 Å². The number of benzene rings is 1. The summed E-state index contributed by atoms with van der Waals surface area (Å²) in [6, 6.07) is 1.63. The molecule has 3 nitrogen and oxygen atoms in total. The normalized spacial score (nSPS) is 13.4. The molecule has 0 unspecified atom stereocenters. The highest BCUT2D eigenvalue weighted by Crippen LogP contribution is 2.36. The molecule has 1 aromatic rings. The first-order valence-corrected chi connectivity index (χ1v) is 5.92. The van der Waals surface area contributed by atoms with E-state index in [0.29, 0.717) is 12.1 Å². The minimum atomic E-state index is -5.02. The molecule has 0 fully saturated rings. The number of carbonyl (C=O) groups is 1. The minimum Gasteiger partial charge on any atom is -0.349 e. The Morgan fingerprint density at radius 1 is 1.14 bits per heavy atom. The highest BCUT2D eigenvalue weighted by molar-refractivity contribution is 5.94. The fourth-order valence-electron chi connectivity index (χ4n) is 1.58. The lowest BCUT2D eigenvalue weighted by molar-refractivity contribution is -0.143. The van der Waals surface area contributed by atoms with E-state index in [1.165, 1.54) is 6.92 Å². The molecule has 0 spiro atoms. The number of alkyl halides is 6. The number of nitrogens with zero attached hydrogens (tertiary/aromatic N) is 1. The molecule has 0 aromatic heterocycles. The fourth-order valence-corrected chi connectivity index (χ4v) is 1.58. The van der Waals surface area contributed by atoms with E-state index in [1.54, 1.807) is 6.07 Å². The van der Waals surface area contributed by atoms with Crippen molar-refractivity contribution in [3.05, 3.63) is 34.9 Å². The van der Waals surface area contributed by atoms with Crippen molar-refractivity contribution in [1.82, 2.24) is 5.32 Å². The molecule has 0 aliphatic rings. The van der Waals surface area contributed by atoms with Gasteiger partial charge < -0.3 is 5.32 Å². The van der Waals surface area contributed by atoms with Gasteiger partial charge in [-0.15, -0.1) is 0 Å². The summed E-state index contributed by atoms with van der Waals surface area (Å²) in [6.45, 7) is 1.40. The van der Waals surface area contributed by atoms with Crippen molar-refractivity contribution >= 4 is 5.91 Å². The Morgan fingerprint density at radius 2 is 1.59 bits per heavy atom. The van der Waals surface area contributed by atoms with Crippen LogP contribution < -0.4 is 5.32 Å². The zero-order valence-corrected chi connectivity index (χ0v) is 11.1. The average Bonchev–Trinajstić information content (AvgIpc) is 2.36. The van der Waals surface area contributed by atoms with E-state index in [0.717, 1.165) is 0 Å². The van der Waals surface area contributed by atoms with Gasteiger partial charge in [0.2, 0.25) is 0 Å². The van der Waals surface area contributed by atoms with Crippen LogP contribution in [-0.2, 0) is 12.4 Å². The van der Waals surface area contributed by atoms with Crippen LogP contribution in [0.5, 0.6) is 0 Å². The average molecular weight is 324 g/mol. The first-order chi connectivity index (χ1) is 9.95. The molecule has 0 saturated carbocycles. The van der Waals surface area contributed by atoms with Gasteiger partial charge in [-0.05, 0) is 25.1 Å². The Balaban J connectivity index is 3.24. The highest BCUT2D eigenvalue weighted by atomic mass is 19.4. The van der Waals surface area contributed by atoms with Gasteiger partial charge in [0.05, 0.1) is 23.6 Å². The quantitative estimate of drug-likeness (QED) is 0.861. The van der Waals surface area contributed by atoms with E-state index in [9.17, 15) is 31.1 Å². The van der Waals surface area contributed by atoms with E-state index in [2.05, 4.69) is 5.32 Å². The predicted molar refractivity (Wildman–Crippen MR) is 63.6 cm³/mol. The summed E-state index contributed by atoms with van der Waals surface area (Å²) in [7, 11) is 0. The molecular formula is C13H10F6N2O. The molecule has 0 bridgehead atoms. The van der Waals surface area contributed by atoms with Crippen molar-refractivity contribution in [3.63, 3.8) is 0 Å². The summed E-state index contributed by atoms with van der Waals surface area (Å²) in [5, 5.41) is 10.6. The maximum absolute atomic E-state index is 12.6. The third-order valence-electron chi connectivity index (χ3n) is 2.62. The molecule has 1 amide bonds. The second-order valence-corrected chi connectivity index (χ2v) is 4.53. The van der Waals surface area contributed by atoms with Crippen LogP contribution >= 0.6 is 0 Å². The van der Waals surface area contributed by atoms with Gasteiger partial charge in [-0.2, -0.15) is 31.6 Å². The zero-order chi connectivity index (χ0) is 17.1. The number of nitriles is 1. The third kappa shape index (κ3) is 4.65. The Hall–Kier alpha value is -2.24. The van der Waals surface area contributed by atoms with Gasteiger partial charge in [-0.25, -0.2) is 0 Å². The van der Waals surface area contributed by atoms with Gasteiger partial charge >= 0.3 is 12.4 Å². The smallest absolute Gasteiger partial charge is 0.349 e. The molecular weight excluding hydrogens is 314 g/mol. The monoisotopic (exact) mass is 324 g/mol. The first-order valence-electron chi connectivity index (χ1n) is 5.92. The maximum Gasteiger partial charge on any atom is 0.416 e. The third-order valence-corrected chi connectivity index (χ3v) is 2.62. The predicted octanol–water partition coefficient (Wildman–Crippen LogP) is 3.76. The van der Waals surface area contributed by atoms with Crippen molar-refractivity contribution in [3.8, 4) is 6.07 Å². The Bertz CT molecular complexity index is 568. The van der Waals surface area contributed by atoms with Crippen molar-refractivity contribution in [2.45, 2.75) is 31.7 Å². The molecule has 0 radical (unpaired) electrons. The lowest BCUT2D eigenvalue weighted by Gasteiger charge is -2.15. The number of carbonyl (C=O) groups excluding carboxylic acids is 1. The summed E-state index contributed by atoms with van der Waals surface area (Å²) in [5.41, 5.74) is -3.91. The summed E-state index contributed by atoms with van der Waals surface area (Å²) in [4.78, 5) is 11.7. The van der Waals surface area contributed by atoms with Crippen LogP contribution in [0.2, 0.25) is 0 Å². The molecule has 0 heterocycles. The molecule has 1 aromatic carbocycles. The molecule has 120 valence electrons. The maximum atomic E-state index is 12.6. The topological polar surface area (TPSA) is 52.9 Å². The van der Waals surface area contributed by atoms with Crippen LogP contribution in [0.3, 0.4) is 0 Å². The summed E-state index contributed by atoms with van der Waals surface area (Å²) >= 11 is 0. The van der Waals surface area contributed by atoms with Crippen molar-refractivity contribution in [2.75, 3.05) is 0 Å². The van der Waals surface area contributed by atoms with E-state index < -0.39 is 41.0 Å². The second kappa shape index (κ2) is 6.25. The molecule has 9 heteroatoms. The molecule has 1 N–H and O–H groups in total. The van der Waals surface area contributed by atoms with E-state index in [1.807, 2.05) is 0 Å².